The SMILES string of the molecule is CC(C)N1CCC(NCCCC2CCCC2)CC1. The van der Waals surface area contributed by atoms with Crippen molar-refractivity contribution in [2.24, 2.45) is 5.92 Å². The van der Waals surface area contributed by atoms with Crippen molar-refractivity contribution >= 4 is 0 Å². The van der Waals surface area contributed by atoms with Crippen molar-refractivity contribution in [2.45, 2.75) is 77.3 Å². The van der Waals surface area contributed by atoms with E-state index in [1.54, 1.807) is 0 Å². The minimum atomic E-state index is 0.730. The van der Waals surface area contributed by atoms with Crippen LogP contribution < -0.4 is 5.32 Å². The van der Waals surface area contributed by atoms with Gasteiger partial charge in [-0.2, -0.15) is 0 Å². The molecule has 106 valence electrons. The molecular formula is C16H32N2. The van der Waals surface area contributed by atoms with Crippen molar-refractivity contribution in [3.63, 3.8) is 0 Å². The van der Waals surface area contributed by atoms with Gasteiger partial charge in [0.25, 0.3) is 0 Å². The van der Waals surface area contributed by atoms with Crippen LogP contribution in [-0.4, -0.2) is 36.6 Å². The highest BCUT2D eigenvalue weighted by molar-refractivity contribution is 4.79. The Hall–Kier alpha value is -0.0800. The zero-order chi connectivity index (χ0) is 12.8. The summed E-state index contributed by atoms with van der Waals surface area (Å²) in [5.74, 6) is 1.06. The summed E-state index contributed by atoms with van der Waals surface area (Å²) in [5.41, 5.74) is 0. The second kappa shape index (κ2) is 7.49. The number of nitrogens with zero attached hydrogens (tertiary/aromatic N) is 1. The standard InChI is InChI=1S/C16H32N2/c1-14(2)18-12-9-16(10-13-18)17-11-5-8-15-6-3-4-7-15/h14-17H,3-13H2,1-2H3. The molecule has 18 heavy (non-hydrogen) atoms. The van der Waals surface area contributed by atoms with E-state index in [1.165, 1.54) is 71.0 Å². The first-order valence-electron chi connectivity index (χ1n) is 8.23. The molecule has 1 N–H and O–H groups in total. The van der Waals surface area contributed by atoms with Crippen LogP contribution in [0.5, 0.6) is 0 Å². The molecule has 0 spiro atoms. The van der Waals surface area contributed by atoms with E-state index in [0.29, 0.717) is 0 Å². The fourth-order valence-corrected chi connectivity index (χ4v) is 3.62. The Bertz CT molecular complexity index is 213. The van der Waals surface area contributed by atoms with Gasteiger partial charge < -0.3 is 10.2 Å². The van der Waals surface area contributed by atoms with E-state index in [4.69, 9.17) is 0 Å². The van der Waals surface area contributed by atoms with Gasteiger partial charge in [0.15, 0.2) is 0 Å². The summed E-state index contributed by atoms with van der Waals surface area (Å²) in [6.07, 6.45) is 11.6. The Morgan fingerprint density at radius 2 is 1.72 bits per heavy atom. The molecule has 0 aromatic rings. The second-order valence-corrected chi connectivity index (χ2v) is 6.65. The first-order chi connectivity index (χ1) is 8.75. The monoisotopic (exact) mass is 252 g/mol. The smallest absolute Gasteiger partial charge is 0.00914 e. The van der Waals surface area contributed by atoms with Crippen LogP contribution in [0.2, 0.25) is 0 Å². The lowest BCUT2D eigenvalue weighted by Gasteiger charge is -2.35. The highest BCUT2D eigenvalue weighted by Crippen LogP contribution is 2.28. The fraction of sp³-hybridized carbons (Fsp3) is 1.00. The molecule has 1 heterocycles. The number of piperidine rings is 1. The summed E-state index contributed by atoms with van der Waals surface area (Å²) in [6, 6.07) is 1.52. The summed E-state index contributed by atoms with van der Waals surface area (Å²) in [6.45, 7) is 8.46. The van der Waals surface area contributed by atoms with Gasteiger partial charge in [0.1, 0.15) is 0 Å². The maximum atomic E-state index is 3.78. The van der Waals surface area contributed by atoms with Gasteiger partial charge in [-0.05, 0) is 65.1 Å². The highest BCUT2D eigenvalue weighted by atomic mass is 15.2. The molecule has 1 saturated heterocycles. The van der Waals surface area contributed by atoms with Crippen LogP contribution in [0.4, 0.5) is 0 Å². The lowest BCUT2D eigenvalue weighted by Crippen LogP contribution is -2.45. The predicted molar refractivity (Wildman–Crippen MR) is 78.9 cm³/mol. The molecule has 0 radical (unpaired) electrons. The number of nitrogens with one attached hydrogen (secondary N) is 1. The number of hydrogen-bond donors (Lipinski definition) is 1. The van der Waals surface area contributed by atoms with Crippen LogP contribution in [-0.2, 0) is 0 Å². The van der Waals surface area contributed by atoms with Crippen LogP contribution in [0.1, 0.15) is 65.2 Å². The molecule has 0 bridgehead atoms. The van der Waals surface area contributed by atoms with Crippen LogP contribution in [0.3, 0.4) is 0 Å². The minimum Gasteiger partial charge on any atom is -0.314 e. The van der Waals surface area contributed by atoms with Gasteiger partial charge in [-0.3, -0.25) is 0 Å². The Morgan fingerprint density at radius 1 is 1.06 bits per heavy atom. The zero-order valence-electron chi connectivity index (χ0n) is 12.5. The third-order valence-corrected chi connectivity index (χ3v) is 4.96. The lowest BCUT2D eigenvalue weighted by molar-refractivity contribution is 0.161. The van der Waals surface area contributed by atoms with Crippen LogP contribution >= 0.6 is 0 Å². The molecule has 1 aliphatic heterocycles. The fourth-order valence-electron chi connectivity index (χ4n) is 3.62. The van der Waals surface area contributed by atoms with E-state index in [9.17, 15) is 0 Å². The van der Waals surface area contributed by atoms with Crippen molar-refractivity contribution in [1.29, 1.82) is 0 Å². The lowest BCUT2D eigenvalue weighted by atomic mass is 10.0. The molecule has 2 nitrogen and oxygen atoms in total. The molecule has 2 heteroatoms. The van der Waals surface area contributed by atoms with Gasteiger partial charge in [0.2, 0.25) is 0 Å². The Labute approximate surface area is 114 Å². The molecule has 0 aromatic heterocycles. The van der Waals surface area contributed by atoms with Gasteiger partial charge in [-0.15, -0.1) is 0 Å². The van der Waals surface area contributed by atoms with Crippen LogP contribution in [0.15, 0.2) is 0 Å². The minimum absolute atomic E-state index is 0.730. The summed E-state index contributed by atoms with van der Waals surface area (Å²) in [5, 5.41) is 3.78. The molecule has 0 atom stereocenters. The molecule has 0 unspecified atom stereocenters. The molecule has 2 aliphatic rings. The summed E-state index contributed by atoms with van der Waals surface area (Å²) < 4.78 is 0. The Morgan fingerprint density at radius 3 is 2.33 bits per heavy atom. The molecule has 2 fully saturated rings. The third-order valence-electron chi connectivity index (χ3n) is 4.96. The van der Waals surface area contributed by atoms with Crippen molar-refractivity contribution in [3.05, 3.63) is 0 Å². The second-order valence-electron chi connectivity index (χ2n) is 6.65. The number of hydrogen-bond acceptors (Lipinski definition) is 2. The third kappa shape index (κ3) is 4.55. The van der Waals surface area contributed by atoms with Crippen molar-refractivity contribution in [2.75, 3.05) is 19.6 Å². The van der Waals surface area contributed by atoms with Crippen molar-refractivity contribution < 1.29 is 0 Å². The van der Waals surface area contributed by atoms with E-state index >= 15 is 0 Å². The average Bonchev–Trinajstić information content (AvgIpc) is 2.88. The molecule has 1 aliphatic carbocycles. The van der Waals surface area contributed by atoms with Gasteiger partial charge >= 0.3 is 0 Å². The molecular weight excluding hydrogens is 220 g/mol. The molecule has 2 rings (SSSR count). The quantitative estimate of drug-likeness (QED) is 0.729. The Balaban J connectivity index is 1.50. The van der Waals surface area contributed by atoms with E-state index < -0.39 is 0 Å². The van der Waals surface area contributed by atoms with E-state index in [-0.39, 0.29) is 0 Å². The zero-order valence-corrected chi connectivity index (χ0v) is 12.5. The van der Waals surface area contributed by atoms with Gasteiger partial charge in [-0.25, -0.2) is 0 Å². The van der Waals surface area contributed by atoms with Gasteiger partial charge in [0.05, 0.1) is 0 Å². The maximum absolute atomic E-state index is 3.78. The van der Waals surface area contributed by atoms with E-state index in [1.807, 2.05) is 0 Å². The average molecular weight is 252 g/mol. The Kier molecular flexibility index (Phi) is 5.97. The number of rotatable bonds is 6. The predicted octanol–water partition coefficient (Wildman–Crippen LogP) is 3.42. The summed E-state index contributed by atoms with van der Waals surface area (Å²) in [4.78, 5) is 2.61. The summed E-state index contributed by atoms with van der Waals surface area (Å²) in [7, 11) is 0. The van der Waals surface area contributed by atoms with Crippen LogP contribution in [0.25, 0.3) is 0 Å². The van der Waals surface area contributed by atoms with Crippen molar-refractivity contribution in [1.82, 2.24) is 10.2 Å². The molecule has 1 saturated carbocycles. The summed E-state index contributed by atoms with van der Waals surface area (Å²) >= 11 is 0. The normalized spacial score (nSPS) is 24.2. The largest absolute Gasteiger partial charge is 0.314 e. The van der Waals surface area contributed by atoms with Gasteiger partial charge in [0, 0.05) is 12.1 Å². The molecule has 0 amide bonds. The van der Waals surface area contributed by atoms with Gasteiger partial charge in [-0.1, -0.05) is 25.7 Å². The first kappa shape index (κ1) is 14.3. The van der Waals surface area contributed by atoms with E-state index in [0.717, 1.165) is 18.0 Å². The topological polar surface area (TPSA) is 15.3 Å². The van der Waals surface area contributed by atoms with E-state index in [2.05, 4.69) is 24.1 Å². The number of likely N-dealkylation sites (tertiary alicyclic amines) is 1. The first-order valence-corrected chi connectivity index (χ1v) is 8.23. The van der Waals surface area contributed by atoms with Crippen LogP contribution in [0, 0.1) is 5.92 Å². The maximum Gasteiger partial charge on any atom is 0.00914 e. The molecule has 0 aromatic carbocycles. The highest BCUT2D eigenvalue weighted by Gasteiger charge is 2.20. The van der Waals surface area contributed by atoms with Crippen molar-refractivity contribution in [3.8, 4) is 0 Å².